The molecule has 0 rings (SSSR count). The fourth-order valence-corrected chi connectivity index (χ4v) is 9.53. The second kappa shape index (κ2) is 60.3. The summed E-state index contributed by atoms with van der Waals surface area (Å²) < 4.78 is 34.7. The predicted molar refractivity (Wildman–Crippen MR) is 344 cm³/mol. The Morgan fingerprint density at radius 3 is 1.06 bits per heavy atom. The summed E-state index contributed by atoms with van der Waals surface area (Å²) in [6.07, 6.45) is 84.5. The van der Waals surface area contributed by atoms with E-state index in [1.807, 2.05) is 21.1 Å². The van der Waals surface area contributed by atoms with Crippen LogP contribution in [-0.2, 0) is 32.7 Å². The second-order valence-electron chi connectivity index (χ2n) is 22.8. The molecule has 0 aliphatic carbocycles. The highest BCUT2D eigenvalue weighted by Crippen LogP contribution is 2.43. The van der Waals surface area contributed by atoms with Gasteiger partial charge in [-0.1, -0.05) is 264 Å². The molecule has 0 aromatic heterocycles. The summed E-state index contributed by atoms with van der Waals surface area (Å²) in [5.41, 5.74) is 0. The van der Waals surface area contributed by atoms with Crippen molar-refractivity contribution in [2.24, 2.45) is 0 Å². The van der Waals surface area contributed by atoms with Crippen molar-refractivity contribution in [3.05, 3.63) is 109 Å². The Balaban J connectivity index is 4.14. The van der Waals surface area contributed by atoms with Crippen molar-refractivity contribution >= 4 is 19.8 Å². The molecule has 0 aromatic rings. The fourth-order valence-electron chi connectivity index (χ4n) is 8.79. The molecule has 2 atom stereocenters. The lowest BCUT2D eigenvalue weighted by atomic mass is 10.0. The Kier molecular flexibility index (Phi) is 57.8. The van der Waals surface area contributed by atoms with Gasteiger partial charge in [0.2, 0.25) is 0 Å². The monoisotopic (exact) mass is 1140 g/mol. The van der Waals surface area contributed by atoms with Gasteiger partial charge >= 0.3 is 19.8 Å². The normalized spacial score (nSPS) is 13.9. The van der Waals surface area contributed by atoms with Crippen molar-refractivity contribution < 1.29 is 42.1 Å². The van der Waals surface area contributed by atoms with E-state index >= 15 is 0 Å². The van der Waals surface area contributed by atoms with E-state index in [4.69, 9.17) is 18.5 Å². The van der Waals surface area contributed by atoms with Crippen LogP contribution in [0.5, 0.6) is 0 Å². The van der Waals surface area contributed by atoms with Crippen LogP contribution in [0.2, 0.25) is 0 Å². The molecular formula is C70H123NO8P+. The Morgan fingerprint density at radius 1 is 0.400 bits per heavy atom. The van der Waals surface area contributed by atoms with Gasteiger partial charge in [0.1, 0.15) is 19.8 Å². The SMILES string of the molecule is CC/C=C\C/C=C\C/C=C\C/C=C\C/C=C\C/C=C\C/C=C\CCCCCCCCCCCC(=O)OC(COC(=O)CCCCCCCCCCCCCCC/C=C\C/C=C\CCCCCCC)COP(=O)(O)OCC[N+](C)(C)C. The molecule has 0 saturated carbocycles. The zero-order chi connectivity index (χ0) is 58.4. The van der Waals surface area contributed by atoms with Crippen LogP contribution in [0.15, 0.2) is 109 Å². The molecule has 0 aliphatic heterocycles. The van der Waals surface area contributed by atoms with Crippen molar-refractivity contribution in [1.29, 1.82) is 0 Å². The molecule has 0 saturated heterocycles. The van der Waals surface area contributed by atoms with Crippen LogP contribution in [0, 0.1) is 0 Å². The topological polar surface area (TPSA) is 108 Å². The van der Waals surface area contributed by atoms with Crippen molar-refractivity contribution in [2.75, 3.05) is 47.5 Å². The summed E-state index contributed by atoms with van der Waals surface area (Å²) in [5, 5.41) is 0. The van der Waals surface area contributed by atoms with E-state index in [2.05, 4.69) is 123 Å². The fraction of sp³-hybridized carbons (Fsp3) is 0.714. The largest absolute Gasteiger partial charge is 0.472 e. The average Bonchev–Trinajstić information content (AvgIpc) is 3.42. The van der Waals surface area contributed by atoms with Crippen LogP contribution in [-0.4, -0.2) is 74.9 Å². The molecule has 80 heavy (non-hydrogen) atoms. The first-order valence-electron chi connectivity index (χ1n) is 32.6. The number of carbonyl (C=O) groups excluding carboxylic acids is 2. The lowest BCUT2D eigenvalue weighted by Crippen LogP contribution is -2.37. The number of rotatable bonds is 59. The third kappa shape index (κ3) is 63.8. The number of nitrogens with zero attached hydrogens (tertiary/aromatic N) is 1. The smallest absolute Gasteiger partial charge is 0.462 e. The summed E-state index contributed by atoms with van der Waals surface area (Å²) in [6, 6.07) is 0. The van der Waals surface area contributed by atoms with Crippen molar-refractivity contribution in [3.8, 4) is 0 Å². The van der Waals surface area contributed by atoms with Gasteiger partial charge in [-0.15, -0.1) is 0 Å². The zero-order valence-corrected chi connectivity index (χ0v) is 53.2. The summed E-state index contributed by atoms with van der Waals surface area (Å²) in [6.45, 7) is 4.31. The van der Waals surface area contributed by atoms with E-state index < -0.39 is 26.5 Å². The van der Waals surface area contributed by atoms with Crippen LogP contribution < -0.4 is 0 Å². The van der Waals surface area contributed by atoms with Crippen LogP contribution in [0.4, 0.5) is 0 Å². The number of carbonyl (C=O) groups is 2. The van der Waals surface area contributed by atoms with Gasteiger partial charge in [-0.2, -0.15) is 0 Å². The van der Waals surface area contributed by atoms with E-state index in [1.54, 1.807) is 0 Å². The van der Waals surface area contributed by atoms with Crippen molar-refractivity contribution in [3.63, 3.8) is 0 Å². The molecule has 0 amide bonds. The first-order chi connectivity index (χ1) is 39.0. The van der Waals surface area contributed by atoms with E-state index in [0.717, 1.165) is 96.3 Å². The molecule has 0 aromatic carbocycles. The highest BCUT2D eigenvalue weighted by Gasteiger charge is 2.27. The van der Waals surface area contributed by atoms with Gasteiger partial charge in [0.15, 0.2) is 6.10 Å². The van der Waals surface area contributed by atoms with E-state index in [0.29, 0.717) is 17.4 Å². The van der Waals surface area contributed by atoms with Gasteiger partial charge in [0, 0.05) is 12.8 Å². The van der Waals surface area contributed by atoms with Crippen LogP contribution >= 0.6 is 7.82 Å². The third-order valence-electron chi connectivity index (χ3n) is 13.8. The number of ether oxygens (including phenoxy) is 2. The minimum Gasteiger partial charge on any atom is -0.462 e. The van der Waals surface area contributed by atoms with Gasteiger partial charge in [-0.05, 0) is 103 Å². The first kappa shape index (κ1) is 76.7. The number of hydrogen-bond donors (Lipinski definition) is 1. The number of likely N-dealkylation sites (N-methyl/N-ethyl adjacent to an activating group) is 1. The Hall–Kier alpha value is -3.33. The second-order valence-corrected chi connectivity index (χ2v) is 24.2. The molecule has 9 nitrogen and oxygen atoms in total. The summed E-state index contributed by atoms with van der Waals surface area (Å²) >= 11 is 0. The number of quaternary nitrogens is 1. The van der Waals surface area contributed by atoms with Gasteiger partial charge in [0.05, 0.1) is 27.7 Å². The molecule has 0 fully saturated rings. The van der Waals surface area contributed by atoms with Crippen molar-refractivity contribution in [2.45, 2.75) is 277 Å². The Bertz CT molecular complexity index is 1720. The molecule has 10 heteroatoms. The maximum Gasteiger partial charge on any atom is 0.472 e. The molecule has 0 heterocycles. The molecular weight excluding hydrogens is 1010 g/mol. The van der Waals surface area contributed by atoms with Crippen LogP contribution in [0.25, 0.3) is 0 Å². The third-order valence-corrected chi connectivity index (χ3v) is 14.8. The highest BCUT2D eigenvalue weighted by molar-refractivity contribution is 7.47. The maximum absolute atomic E-state index is 12.9. The highest BCUT2D eigenvalue weighted by atomic mass is 31.2. The first-order valence-corrected chi connectivity index (χ1v) is 34.1. The standard InChI is InChI=1S/C70H122NO8P/c1-6-8-10-12-14-16-18-20-22-24-26-28-30-32-33-34-35-36-37-39-41-43-45-47-49-51-53-55-57-59-61-63-70(73)79-68(67-78-80(74,75)77-65-64-71(3,4)5)66-76-69(72)62-60-58-56-54-52-50-48-46-44-42-40-38-31-29-27-25-23-21-19-17-15-13-11-9-7-2/h8,10,14,16,19-22,25-28,32-33,35-36,39,41,68H,6-7,9,11-13,15,17-18,23-24,29-31,34,37-38,40,42-67H2,1-5H3/p+1/b10-8-,16-14-,21-19-,22-20-,27-25-,28-26-,33-32-,36-35-,41-39-. The lowest BCUT2D eigenvalue weighted by molar-refractivity contribution is -0.870. The predicted octanol–water partition coefficient (Wildman–Crippen LogP) is 20.9. The van der Waals surface area contributed by atoms with Crippen molar-refractivity contribution in [1.82, 2.24) is 0 Å². The quantitative estimate of drug-likeness (QED) is 0.0211. The summed E-state index contributed by atoms with van der Waals surface area (Å²) in [5.74, 6) is -0.805. The molecule has 0 aliphatic rings. The van der Waals surface area contributed by atoms with Gasteiger partial charge in [-0.3, -0.25) is 18.6 Å². The Morgan fingerprint density at radius 2 is 0.713 bits per heavy atom. The minimum absolute atomic E-state index is 0.0258. The molecule has 2 unspecified atom stereocenters. The molecule has 0 spiro atoms. The van der Waals surface area contributed by atoms with Crippen LogP contribution in [0.3, 0.4) is 0 Å². The molecule has 0 bridgehead atoms. The minimum atomic E-state index is -4.40. The maximum atomic E-state index is 12.9. The molecule has 1 N–H and O–H groups in total. The van der Waals surface area contributed by atoms with Gasteiger partial charge < -0.3 is 18.9 Å². The number of allylic oxidation sites excluding steroid dienone is 18. The number of esters is 2. The Labute approximate surface area is 493 Å². The zero-order valence-electron chi connectivity index (χ0n) is 52.3. The van der Waals surface area contributed by atoms with Crippen LogP contribution in [0.1, 0.15) is 271 Å². The number of phosphoric ester groups is 1. The summed E-state index contributed by atoms with van der Waals surface area (Å²) in [4.78, 5) is 35.8. The van der Waals surface area contributed by atoms with Gasteiger partial charge in [0.25, 0.3) is 0 Å². The van der Waals surface area contributed by atoms with Gasteiger partial charge in [-0.25, -0.2) is 4.57 Å². The molecule has 0 radical (unpaired) electrons. The number of hydrogen-bond acceptors (Lipinski definition) is 7. The average molecular weight is 1140 g/mol. The van der Waals surface area contributed by atoms with E-state index in [-0.39, 0.29) is 32.0 Å². The number of phosphoric acid groups is 1. The molecule has 460 valence electrons. The number of unbranched alkanes of at least 4 members (excludes halogenated alkanes) is 27. The van der Waals surface area contributed by atoms with E-state index in [1.165, 1.54) is 141 Å². The lowest BCUT2D eigenvalue weighted by Gasteiger charge is -2.24. The summed E-state index contributed by atoms with van der Waals surface area (Å²) in [7, 11) is 1.47. The van der Waals surface area contributed by atoms with E-state index in [9.17, 15) is 19.0 Å².